The van der Waals surface area contributed by atoms with Crippen molar-refractivity contribution in [3.8, 4) is 11.5 Å². The van der Waals surface area contributed by atoms with Crippen LogP contribution in [0.15, 0.2) is 48.5 Å². The summed E-state index contributed by atoms with van der Waals surface area (Å²) < 4.78 is 10.7. The minimum absolute atomic E-state index is 0.917. The lowest BCUT2D eigenvalue weighted by Gasteiger charge is -2.35. The molecule has 3 rings (SSSR count). The number of nitrogens with zero attached hydrogens (tertiary/aromatic N) is 2. The highest BCUT2D eigenvalue weighted by Crippen LogP contribution is 2.20. The standard InChI is InChI=1S/C20H26N2O2.C2H2O4/c1-23-19-9-7-17(8-10-19)15-21-11-13-22(14-12-21)16-18-5-3-4-6-20(18)24-2;3-1(4)2(5)6/h3-10H,11-16H2,1-2H3;(H,3,4)(H,5,6). The molecule has 0 aliphatic carbocycles. The third-order valence-corrected chi connectivity index (χ3v) is 4.80. The fourth-order valence-electron chi connectivity index (χ4n) is 3.17. The normalized spacial score (nSPS) is 14.3. The quantitative estimate of drug-likeness (QED) is 0.692. The zero-order chi connectivity index (χ0) is 21.9. The summed E-state index contributed by atoms with van der Waals surface area (Å²) in [6.45, 7) is 6.34. The van der Waals surface area contributed by atoms with Crippen LogP contribution < -0.4 is 9.47 Å². The molecule has 162 valence electrons. The average molecular weight is 416 g/mol. The maximum Gasteiger partial charge on any atom is 0.414 e. The Bertz CT molecular complexity index is 805. The van der Waals surface area contributed by atoms with Gasteiger partial charge in [0.2, 0.25) is 0 Å². The number of piperazine rings is 1. The van der Waals surface area contributed by atoms with Gasteiger partial charge in [-0.3, -0.25) is 9.80 Å². The first kappa shape index (κ1) is 23.2. The number of carbonyl (C=O) groups is 2. The van der Waals surface area contributed by atoms with Gasteiger partial charge in [-0.25, -0.2) is 9.59 Å². The van der Waals surface area contributed by atoms with E-state index in [1.54, 1.807) is 14.2 Å². The van der Waals surface area contributed by atoms with Crippen LogP contribution in [0.5, 0.6) is 11.5 Å². The molecule has 0 amide bonds. The first-order valence-corrected chi connectivity index (χ1v) is 9.58. The summed E-state index contributed by atoms with van der Waals surface area (Å²) in [5.74, 6) is -1.75. The van der Waals surface area contributed by atoms with Gasteiger partial charge in [0.15, 0.2) is 0 Å². The van der Waals surface area contributed by atoms with Crippen LogP contribution in [0, 0.1) is 0 Å². The molecule has 0 bridgehead atoms. The first-order chi connectivity index (χ1) is 14.4. The number of aliphatic carboxylic acids is 2. The Labute approximate surface area is 176 Å². The second kappa shape index (κ2) is 11.8. The van der Waals surface area contributed by atoms with Gasteiger partial charge in [-0.1, -0.05) is 30.3 Å². The molecule has 0 saturated carbocycles. The van der Waals surface area contributed by atoms with E-state index in [4.69, 9.17) is 29.3 Å². The second-order valence-corrected chi connectivity index (χ2v) is 6.82. The number of carboxylic acids is 2. The Hall–Kier alpha value is -3.10. The van der Waals surface area contributed by atoms with Crippen LogP contribution in [-0.2, 0) is 22.7 Å². The lowest BCUT2D eigenvalue weighted by molar-refractivity contribution is -0.159. The molecule has 0 radical (unpaired) electrons. The monoisotopic (exact) mass is 416 g/mol. The van der Waals surface area contributed by atoms with Gasteiger partial charge >= 0.3 is 11.9 Å². The molecule has 0 spiro atoms. The number of para-hydroxylation sites is 1. The van der Waals surface area contributed by atoms with Crippen molar-refractivity contribution in [1.29, 1.82) is 0 Å². The van der Waals surface area contributed by atoms with E-state index in [1.165, 1.54) is 11.1 Å². The summed E-state index contributed by atoms with van der Waals surface area (Å²) >= 11 is 0. The average Bonchev–Trinajstić information content (AvgIpc) is 2.76. The van der Waals surface area contributed by atoms with E-state index in [9.17, 15) is 0 Å². The molecule has 2 aromatic rings. The molecular formula is C22H28N2O6. The second-order valence-electron chi connectivity index (χ2n) is 6.82. The number of ether oxygens (including phenoxy) is 2. The molecule has 8 nitrogen and oxygen atoms in total. The predicted molar refractivity (Wildman–Crippen MR) is 112 cm³/mol. The van der Waals surface area contributed by atoms with Crippen molar-refractivity contribution in [2.75, 3.05) is 40.4 Å². The molecule has 1 aliphatic rings. The fourth-order valence-corrected chi connectivity index (χ4v) is 3.17. The van der Waals surface area contributed by atoms with E-state index in [1.807, 2.05) is 24.3 Å². The smallest absolute Gasteiger partial charge is 0.414 e. The number of hydrogen-bond acceptors (Lipinski definition) is 6. The van der Waals surface area contributed by atoms with Crippen molar-refractivity contribution < 1.29 is 29.3 Å². The molecule has 0 aromatic heterocycles. The van der Waals surface area contributed by atoms with E-state index in [0.29, 0.717) is 0 Å². The molecule has 1 saturated heterocycles. The van der Waals surface area contributed by atoms with Crippen LogP contribution in [0.25, 0.3) is 0 Å². The number of hydrogen-bond donors (Lipinski definition) is 2. The van der Waals surface area contributed by atoms with Crippen molar-refractivity contribution in [1.82, 2.24) is 9.80 Å². The highest BCUT2D eigenvalue weighted by molar-refractivity contribution is 6.27. The zero-order valence-electron chi connectivity index (χ0n) is 17.3. The molecule has 1 fully saturated rings. The first-order valence-electron chi connectivity index (χ1n) is 9.58. The van der Waals surface area contributed by atoms with Crippen molar-refractivity contribution in [2.24, 2.45) is 0 Å². The third-order valence-electron chi connectivity index (χ3n) is 4.80. The molecule has 2 aromatic carbocycles. The Morgan fingerprint density at radius 1 is 0.800 bits per heavy atom. The van der Waals surface area contributed by atoms with Crippen LogP contribution >= 0.6 is 0 Å². The van der Waals surface area contributed by atoms with E-state index in [0.717, 1.165) is 50.8 Å². The molecule has 30 heavy (non-hydrogen) atoms. The van der Waals surface area contributed by atoms with Crippen LogP contribution in [0.3, 0.4) is 0 Å². The van der Waals surface area contributed by atoms with Gasteiger partial charge in [-0.2, -0.15) is 0 Å². The fraction of sp³-hybridized carbons (Fsp3) is 0.364. The van der Waals surface area contributed by atoms with Gasteiger partial charge < -0.3 is 19.7 Å². The van der Waals surface area contributed by atoms with Crippen LogP contribution in [0.2, 0.25) is 0 Å². The van der Waals surface area contributed by atoms with Gasteiger partial charge in [-0.05, 0) is 23.8 Å². The van der Waals surface area contributed by atoms with Gasteiger partial charge in [0.05, 0.1) is 14.2 Å². The Kier molecular flexibility index (Phi) is 9.11. The maximum atomic E-state index is 9.10. The molecular weight excluding hydrogens is 388 g/mol. The number of rotatable bonds is 6. The van der Waals surface area contributed by atoms with Crippen LogP contribution in [0.1, 0.15) is 11.1 Å². The van der Waals surface area contributed by atoms with E-state index >= 15 is 0 Å². The minimum Gasteiger partial charge on any atom is -0.497 e. The van der Waals surface area contributed by atoms with Gasteiger partial charge in [0.1, 0.15) is 11.5 Å². The minimum atomic E-state index is -1.82. The van der Waals surface area contributed by atoms with Gasteiger partial charge in [0, 0.05) is 44.8 Å². The lowest BCUT2D eigenvalue weighted by atomic mass is 10.1. The summed E-state index contributed by atoms with van der Waals surface area (Å²) in [6, 6.07) is 16.7. The van der Waals surface area contributed by atoms with Crippen molar-refractivity contribution in [2.45, 2.75) is 13.1 Å². The van der Waals surface area contributed by atoms with Gasteiger partial charge in [-0.15, -0.1) is 0 Å². The Morgan fingerprint density at radius 3 is 1.83 bits per heavy atom. The molecule has 2 N–H and O–H groups in total. The maximum absolute atomic E-state index is 9.10. The van der Waals surface area contributed by atoms with Crippen molar-refractivity contribution >= 4 is 11.9 Å². The number of carboxylic acid groups (broad SMARTS) is 2. The third kappa shape index (κ3) is 7.38. The van der Waals surface area contributed by atoms with Crippen molar-refractivity contribution in [3.05, 3.63) is 59.7 Å². The van der Waals surface area contributed by atoms with Gasteiger partial charge in [0.25, 0.3) is 0 Å². The molecule has 8 heteroatoms. The number of benzene rings is 2. The van der Waals surface area contributed by atoms with Crippen LogP contribution in [-0.4, -0.2) is 72.4 Å². The molecule has 1 aliphatic heterocycles. The SMILES string of the molecule is COc1ccc(CN2CCN(Cc3ccccc3OC)CC2)cc1.O=C(O)C(=O)O. The van der Waals surface area contributed by atoms with Crippen LogP contribution in [0.4, 0.5) is 0 Å². The molecule has 1 heterocycles. The summed E-state index contributed by atoms with van der Waals surface area (Å²) in [7, 11) is 3.45. The van der Waals surface area contributed by atoms with Crippen molar-refractivity contribution in [3.63, 3.8) is 0 Å². The highest BCUT2D eigenvalue weighted by Gasteiger charge is 2.18. The largest absolute Gasteiger partial charge is 0.497 e. The van der Waals surface area contributed by atoms with E-state index in [2.05, 4.69) is 34.1 Å². The summed E-state index contributed by atoms with van der Waals surface area (Å²) in [5.41, 5.74) is 2.61. The molecule has 0 atom stereocenters. The lowest BCUT2D eigenvalue weighted by Crippen LogP contribution is -2.45. The Balaban J connectivity index is 0.000000469. The highest BCUT2D eigenvalue weighted by atomic mass is 16.5. The summed E-state index contributed by atoms with van der Waals surface area (Å²) in [6.07, 6.45) is 0. The van der Waals surface area contributed by atoms with E-state index in [-0.39, 0.29) is 0 Å². The summed E-state index contributed by atoms with van der Waals surface area (Å²) in [5, 5.41) is 14.8. The number of methoxy groups -OCH3 is 2. The Morgan fingerprint density at radius 2 is 1.33 bits per heavy atom. The summed E-state index contributed by atoms with van der Waals surface area (Å²) in [4.78, 5) is 23.2. The topological polar surface area (TPSA) is 99.5 Å². The predicted octanol–water partition coefficient (Wildman–Crippen LogP) is 2.18. The molecule has 0 unspecified atom stereocenters. The van der Waals surface area contributed by atoms with E-state index < -0.39 is 11.9 Å². The zero-order valence-corrected chi connectivity index (χ0v) is 17.3.